The molecule has 0 bridgehead atoms. The summed E-state index contributed by atoms with van der Waals surface area (Å²) >= 11 is 3.34. The third kappa shape index (κ3) is 2.66. The molecule has 2 rings (SSSR count). The van der Waals surface area contributed by atoms with Gasteiger partial charge in [0.25, 0.3) is 0 Å². The van der Waals surface area contributed by atoms with Gasteiger partial charge < -0.3 is 10.4 Å². The summed E-state index contributed by atoms with van der Waals surface area (Å²) in [5.41, 5.74) is 3.02. The largest absolute Gasteiger partial charge is 0.396 e. The second kappa shape index (κ2) is 6.13. The van der Waals surface area contributed by atoms with Gasteiger partial charge in [-0.1, -0.05) is 22.0 Å². The van der Waals surface area contributed by atoms with E-state index in [1.54, 1.807) is 6.07 Å². The van der Waals surface area contributed by atoms with Crippen LogP contribution in [0.1, 0.15) is 35.6 Å². The van der Waals surface area contributed by atoms with Gasteiger partial charge in [-0.15, -0.1) is 0 Å². The Labute approximate surface area is 128 Å². The van der Waals surface area contributed by atoms with E-state index < -0.39 is 14.0 Å². The fourth-order valence-corrected chi connectivity index (χ4v) is 5.30. The summed E-state index contributed by atoms with van der Waals surface area (Å²) in [6, 6.07) is 3.34. The predicted molar refractivity (Wildman–Crippen MR) is 82.9 cm³/mol. The van der Waals surface area contributed by atoms with Crippen LogP contribution in [0.3, 0.4) is 0 Å². The zero-order valence-electron chi connectivity index (χ0n) is 11.7. The molecule has 0 saturated heterocycles. The van der Waals surface area contributed by atoms with Gasteiger partial charge in [-0.2, -0.15) is 0 Å². The van der Waals surface area contributed by atoms with Crippen molar-refractivity contribution in [3.8, 4) is 0 Å². The van der Waals surface area contributed by atoms with Crippen molar-refractivity contribution in [2.75, 3.05) is 13.2 Å². The zero-order chi connectivity index (χ0) is 14.9. The molecule has 0 aromatic heterocycles. The molecule has 0 radical (unpaired) electrons. The molecule has 20 heavy (non-hydrogen) atoms. The summed E-state index contributed by atoms with van der Waals surface area (Å²) in [5, 5.41) is 12.1. The molecule has 4 nitrogen and oxygen atoms in total. The maximum Gasteiger partial charge on any atom is 0.193 e. The number of aliphatic hydroxyl groups is 1. The molecule has 1 aromatic rings. The first-order valence-corrected chi connectivity index (χ1v) is 9.19. The molecule has 0 amide bonds. The lowest BCUT2D eigenvalue weighted by Gasteiger charge is -2.18. The number of aryl methyl sites for hydroxylation is 1. The Kier molecular flexibility index (Phi) is 4.89. The highest BCUT2D eigenvalue weighted by atomic mass is 79.9. The van der Waals surface area contributed by atoms with Crippen LogP contribution in [0.2, 0.25) is 0 Å². The first-order valence-electron chi connectivity index (χ1n) is 6.73. The van der Waals surface area contributed by atoms with Crippen LogP contribution < -0.4 is 5.32 Å². The van der Waals surface area contributed by atoms with Gasteiger partial charge in [-0.3, -0.25) is 0 Å². The molecule has 2 atom stereocenters. The minimum Gasteiger partial charge on any atom is -0.396 e. The Morgan fingerprint density at radius 2 is 2.00 bits per heavy atom. The van der Waals surface area contributed by atoms with E-state index in [9.17, 15) is 8.42 Å². The predicted octanol–water partition coefficient (Wildman–Crippen LogP) is 2.21. The monoisotopic (exact) mass is 361 g/mol. The van der Waals surface area contributed by atoms with Crippen LogP contribution in [-0.2, 0) is 9.84 Å². The van der Waals surface area contributed by atoms with Crippen LogP contribution in [0.15, 0.2) is 17.0 Å². The average Bonchev–Trinajstić information content (AvgIpc) is 2.60. The fourth-order valence-electron chi connectivity index (χ4n) is 2.57. The lowest BCUT2D eigenvalue weighted by atomic mass is 9.98. The number of nitrogens with one attached hydrogen (secondary N) is 1. The van der Waals surface area contributed by atoms with E-state index in [4.69, 9.17) is 5.11 Å². The first kappa shape index (κ1) is 15.9. The second-order valence-corrected chi connectivity index (χ2v) is 8.81. The highest BCUT2D eigenvalue weighted by Crippen LogP contribution is 2.44. The smallest absolute Gasteiger partial charge is 0.193 e. The summed E-state index contributed by atoms with van der Waals surface area (Å²) in [5.74, 6) is 0. The number of rotatable bonds is 5. The minimum absolute atomic E-state index is 0.164. The quantitative estimate of drug-likeness (QED) is 0.623. The number of hydrogen-bond donors (Lipinski definition) is 2. The molecule has 0 aliphatic carbocycles. The molecule has 2 N–H and O–H groups in total. The lowest BCUT2D eigenvalue weighted by Crippen LogP contribution is -2.29. The Morgan fingerprint density at radius 1 is 1.30 bits per heavy atom. The van der Waals surface area contributed by atoms with Gasteiger partial charge in [0.05, 0.1) is 10.9 Å². The van der Waals surface area contributed by atoms with Crippen LogP contribution in [-0.4, -0.2) is 30.8 Å². The van der Waals surface area contributed by atoms with Crippen molar-refractivity contribution in [1.29, 1.82) is 0 Å². The van der Waals surface area contributed by atoms with E-state index >= 15 is 0 Å². The highest BCUT2D eigenvalue weighted by Gasteiger charge is 2.44. The van der Waals surface area contributed by atoms with E-state index in [1.165, 1.54) is 0 Å². The number of sulfone groups is 1. The Morgan fingerprint density at radius 3 is 2.65 bits per heavy atom. The molecule has 2 unspecified atom stereocenters. The number of fused-ring (bicyclic) bond motifs is 1. The standard InChI is InChI=1S/C14H20BrNO3S/c1-9-5-6-11-12(10(9)2)13(14(15)20(11,18)19)16-7-3-4-8-17/h5-6,13-14,16-17H,3-4,7-8H2,1-2H3. The van der Waals surface area contributed by atoms with Gasteiger partial charge >= 0.3 is 0 Å². The van der Waals surface area contributed by atoms with Gasteiger partial charge in [-0.25, -0.2) is 8.42 Å². The lowest BCUT2D eigenvalue weighted by molar-refractivity contribution is 0.283. The number of alkyl halides is 1. The van der Waals surface area contributed by atoms with E-state index in [2.05, 4.69) is 21.2 Å². The summed E-state index contributed by atoms with van der Waals surface area (Å²) in [6.07, 6.45) is 1.55. The molecular weight excluding hydrogens is 342 g/mol. The summed E-state index contributed by atoms with van der Waals surface area (Å²) < 4.78 is 24.2. The van der Waals surface area contributed by atoms with E-state index in [1.807, 2.05) is 19.9 Å². The molecule has 0 spiro atoms. The van der Waals surface area contributed by atoms with Gasteiger partial charge in [0.2, 0.25) is 0 Å². The van der Waals surface area contributed by atoms with E-state index in [0.29, 0.717) is 11.4 Å². The van der Waals surface area contributed by atoms with Gasteiger partial charge in [-0.05, 0) is 56.0 Å². The molecule has 6 heteroatoms. The van der Waals surface area contributed by atoms with Crippen molar-refractivity contribution in [1.82, 2.24) is 5.32 Å². The third-order valence-electron chi connectivity index (χ3n) is 3.87. The van der Waals surface area contributed by atoms with Crippen LogP contribution >= 0.6 is 15.9 Å². The van der Waals surface area contributed by atoms with Crippen molar-refractivity contribution in [2.45, 2.75) is 41.8 Å². The van der Waals surface area contributed by atoms with Crippen molar-refractivity contribution < 1.29 is 13.5 Å². The number of hydrogen-bond acceptors (Lipinski definition) is 4. The van der Waals surface area contributed by atoms with Crippen molar-refractivity contribution >= 4 is 25.8 Å². The maximum absolute atomic E-state index is 12.4. The fraction of sp³-hybridized carbons (Fsp3) is 0.571. The minimum atomic E-state index is -3.31. The number of halogens is 1. The molecular formula is C14H20BrNO3S. The summed E-state index contributed by atoms with van der Waals surface area (Å²) in [7, 11) is -3.31. The summed E-state index contributed by atoms with van der Waals surface area (Å²) in [4.78, 5) is 0.433. The van der Waals surface area contributed by atoms with Gasteiger partial charge in [0, 0.05) is 6.61 Å². The topological polar surface area (TPSA) is 66.4 Å². The molecule has 1 aliphatic heterocycles. The highest BCUT2D eigenvalue weighted by molar-refractivity contribution is 9.11. The Hall–Kier alpha value is -0.430. The van der Waals surface area contributed by atoms with Crippen LogP contribution in [0, 0.1) is 13.8 Å². The molecule has 1 aromatic carbocycles. The maximum atomic E-state index is 12.4. The molecule has 0 fully saturated rings. The zero-order valence-corrected chi connectivity index (χ0v) is 14.1. The SMILES string of the molecule is Cc1ccc2c(c1C)C(NCCCCO)C(Br)S2(=O)=O. The normalized spacial score (nSPS) is 23.8. The van der Waals surface area contributed by atoms with E-state index in [0.717, 1.165) is 29.5 Å². The average molecular weight is 362 g/mol. The third-order valence-corrected chi connectivity index (χ3v) is 7.71. The first-order chi connectivity index (χ1) is 9.41. The Balaban J connectivity index is 2.34. The number of benzene rings is 1. The van der Waals surface area contributed by atoms with Crippen molar-refractivity contribution in [3.05, 3.63) is 28.8 Å². The number of unbranched alkanes of at least 4 members (excludes halogenated alkanes) is 1. The number of aliphatic hydroxyl groups excluding tert-OH is 1. The van der Waals surface area contributed by atoms with Crippen molar-refractivity contribution in [3.63, 3.8) is 0 Å². The van der Waals surface area contributed by atoms with Gasteiger partial charge in [0.1, 0.15) is 4.16 Å². The molecule has 1 aliphatic rings. The van der Waals surface area contributed by atoms with Crippen LogP contribution in [0.25, 0.3) is 0 Å². The second-order valence-electron chi connectivity index (χ2n) is 5.18. The molecule has 112 valence electrons. The van der Waals surface area contributed by atoms with Gasteiger partial charge in [0.15, 0.2) is 9.84 Å². The summed E-state index contributed by atoms with van der Waals surface area (Å²) in [6.45, 7) is 4.82. The molecule has 1 heterocycles. The Bertz CT molecular complexity index is 601. The molecule has 0 saturated carbocycles. The van der Waals surface area contributed by atoms with Crippen molar-refractivity contribution in [2.24, 2.45) is 0 Å². The van der Waals surface area contributed by atoms with E-state index in [-0.39, 0.29) is 12.6 Å². The van der Waals surface area contributed by atoms with Crippen LogP contribution in [0.4, 0.5) is 0 Å². The van der Waals surface area contributed by atoms with Crippen LogP contribution in [0.5, 0.6) is 0 Å².